The maximum absolute atomic E-state index is 11.6. The maximum atomic E-state index is 11.6. The Morgan fingerprint density at radius 1 is 1.00 bits per heavy atom. The van der Waals surface area contributed by atoms with Crippen LogP contribution in [0.5, 0.6) is 17.2 Å². The highest BCUT2D eigenvalue weighted by molar-refractivity contribution is 6.04. The standard InChI is InChI=1S/C21H18O5/c1-12-9-17(24-13(2)22)15-10-18-19(26-21(23-3)25-18)11-16(15)20(12)14-7-5-4-6-8-14/h4-11,21H,1-3H3. The fraction of sp³-hybridized carbons (Fsp3) is 0.190. The third-order valence-electron chi connectivity index (χ3n) is 4.32. The van der Waals surface area contributed by atoms with Crippen molar-refractivity contribution >= 4 is 16.7 Å². The Labute approximate surface area is 151 Å². The summed E-state index contributed by atoms with van der Waals surface area (Å²) in [6, 6.07) is 15.7. The summed E-state index contributed by atoms with van der Waals surface area (Å²) in [6.45, 7) is 2.61. The number of hydrogen-bond donors (Lipinski definition) is 0. The first-order valence-corrected chi connectivity index (χ1v) is 8.28. The molecule has 0 N–H and O–H groups in total. The van der Waals surface area contributed by atoms with Gasteiger partial charge in [0, 0.05) is 19.4 Å². The smallest absolute Gasteiger partial charge is 0.360 e. The van der Waals surface area contributed by atoms with Crippen molar-refractivity contribution in [3.05, 3.63) is 54.1 Å². The number of hydrogen-bond acceptors (Lipinski definition) is 5. The Morgan fingerprint density at radius 3 is 2.27 bits per heavy atom. The molecule has 4 rings (SSSR count). The molecular weight excluding hydrogens is 332 g/mol. The van der Waals surface area contributed by atoms with Gasteiger partial charge >= 0.3 is 12.4 Å². The lowest BCUT2D eigenvalue weighted by Crippen LogP contribution is -2.19. The number of benzene rings is 3. The molecule has 0 saturated heterocycles. The third kappa shape index (κ3) is 2.76. The van der Waals surface area contributed by atoms with Crippen LogP contribution in [0.4, 0.5) is 0 Å². The lowest BCUT2D eigenvalue weighted by molar-refractivity contribution is -0.157. The van der Waals surface area contributed by atoms with Crippen molar-refractivity contribution in [2.24, 2.45) is 0 Å². The number of carbonyl (C=O) groups excluding carboxylic acids is 1. The van der Waals surface area contributed by atoms with Gasteiger partial charge in [0.2, 0.25) is 0 Å². The number of fused-ring (bicyclic) bond motifs is 2. The molecule has 0 aromatic heterocycles. The molecule has 1 heterocycles. The fourth-order valence-corrected chi connectivity index (χ4v) is 3.27. The van der Waals surface area contributed by atoms with Crippen molar-refractivity contribution in [1.82, 2.24) is 0 Å². The monoisotopic (exact) mass is 350 g/mol. The lowest BCUT2D eigenvalue weighted by Gasteiger charge is -2.15. The van der Waals surface area contributed by atoms with Crippen LogP contribution in [0.15, 0.2) is 48.5 Å². The minimum atomic E-state index is -0.778. The summed E-state index contributed by atoms with van der Waals surface area (Å²) < 4.78 is 21.8. The van der Waals surface area contributed by atoms with Gasteiger partial charge in [0.15, 0.2) is 11.5 Å². The second-order valence-electron chi connectivity index (χ2n) is 6.13. The predicted molar refractivity (Wildman–Crippen MR) is 97.5 cm³/mol. The summed E-state index contributed by atoms with van der Waals surface area (Å²) in [5.41, 5.74) is 3.14. The highest BCUT2D eigenvalue weighted by atomic mass is 16.9. The average Bonchev–Trinajstić information content (AvgIpc) is 3.03. The van der Waals surface area contributed by atoms with Crippen LogP contribution in [0.1, 0.15) is 12.5 Å². The number of aryl methyl sites for hydroxylation is 1. The summed E-state index contributed by atoms with van der Waals surface area (Å²) >= 11 is 0. The summed E-state index contributed by atoms with van der Waals surface area (Å²) in [5.74, 6) is 1.28. The summed E-state index contributed by atoms with van der Waals surface area (Å²) in [5, 5.41) is 1.70. The molecule has 132 valence electrons. The van der Waals surface area contributed by atoms with E-state index in [1.54, 1.807) is 0 Å². The second-order valence-corrected chi connectivity index (χ2v) is 6.13. The van der Waals surface area contributed by atoms with Crippen molar-refractivity contribution in [2.45, 2.75) is 20.3 Å². The van der Waals surface area contributed by atoms with Gasteiger partial charge < -0.3 is 18.9 Å². The van der Waals surface area contributed by atoms with Crippen LogP contribution < -0.4 is 14.2 Å². The molecule has 1 aliphatic heterocycles. The molecule has 0 bridgehead atoms. The number of esters is 1. The largest absolute Gasteiger partial charge is 0.428 e. The first kappa shape index (κ1) is 16.4. The Hall–Kier alpha value is -3.05. The van der Waals surface area contributed by atoms with Crippen molar-refractivity contribution < 1.29 is 23.7 Å². The average molecular weight is 350 g/mol. The molecule has 1 aliphatic rings. The first-order chi connectivity index (χ1) is 12.6. The zero-order valence-electron chi connectivity index (χ0n) is 14.7. The Balaban J connectivity index is 2.01. The minimum absolute atomic E-state index is 0.370. The normalized spacial score (nSPS) is 15.3. The van der Waals surface area contributed by atoms with Gasteiger partial charge in [-0.15, -0.1) is 0 Å². The van der Waals surface area contributed by atoms with Crippen molar-refractivity contribution in [3.8, 4) is 28.4 Å². The second kappa shape index (κ2) is 6.35. The van der Waals surface area contributed by atoms with E-state index in [4.69, 9.17) is 18.9 Å². The third-order valence-corrected chi connectivity index (χ3v) is 4.32. The fourth-order valence-electron chi connectivity index (χ4n) is 3.27. The molecule has 3 aromatic carbocycles. The molecular formula is C21H18O5. The van der Waals surface area contributed by atoms with E-state index in [2.05, 4.69) is 12.1 Å². The van der Waals surface area contributed by atoms with Gasteiger partial charge in [-0.05, 0) is 47.2 Å². The molecule has 0 fully saturated rings. The summed E-state index contributed by atoms with van der Waals surface area (Å²) in [4.78, 5) is 11.6. The highest BCUT2D eigenvalue weighted by Crippen LogP contribution is 2.45. The van der Waals surface area contributed by atoms with Crippen LogP contribution in [0.3, 0.4) is 0 Å². The van der Waals surface area contributed by atoms with E-state index >= 15 is 0 Å². The Morgan fingerprint density at radius 2 is 1.65 bits per heavy atom. The molecule has 1 unspecified atom stereocenters. The zero-order valence-corrected chi connectivity index (χ0v) is 14.7. The van der Waals surface area contributed by atoms with Gasteiger partial charge in [-0.25, -0.2) is 0 Å². The Kier molecular flexibility index (Phi) is 4.01. The SMILES string of the molecule is COC1Oc2cc3c(OC(C)=O)cc(C)c(-c4ccccc4)c3cc2O1. The molecule has 5 nitrogen and oxygen atoms in total. The number of carbonyl (C=O) groups is 1. The van der Waals surface area contributed by atoms with E-state index in [0.29, 0.717) is 17.2 Å². The maximum Gasteiger partial charge on any atom is 0.360 e. The molecule has 0 saturated carbocycles. The highest BCUT2D eigenvalue weighted by Gasteiger charge is 2.26. The van der Waals surface area contributed by atoms with Gasteiger partial charge in [-0.2, -0.15) is 0 Å². The van der Waals surface area contributed by atoms with Crippen LogP contribution in [0, 0.1) is 6.92 Å². The molecule has 0 radical (unpaired) electrons. The van der Waals surface area contributed by atoms with Gasteiger partial charge in [0.25, 0.3) is 0 Å². The summed E-state index contributed by atoms with van der Waals surface area (Å²) in [7, 11) is 1.51. The van der Waals surface area contributed by atoms with Crippen molar-refractivity contribution in [2.75, 3.05) is 7.11 Å². The minimum Gasteiger partial charge on any atom is -0.428 e. The quantitative estimate of drug-likeness (QED) is 0.516. The van der Waals surface area contributed by atoms with Crippen LogP contribution in [-0.4, -0.2) is 19.6 Å². The molecule has 5 heteroatoms. The molecule has 1 atom stereocenters. The van der Waals surface area contributed by atoms with Gasteiger partial charge in [-0.3, -0.25) is 4.79 Å². The van der Waals surface area contributed by atoms with E-state index < -0.39 is 6.48 Å². The number of ether oxygens (including phenoxy) is 4. The number of rotatable bonds is 3. The van der Waals surface area contributed by atoms with E-state index in [1.165, 1.54) is 14.0 Å². The van der Waals surface area contributed by atoms with Gasteiger partial charge in [-0.1, -0.05) is 30.3 Å². The first-order valence-electron chi connectivity index (χ1n) is 8.28. The van der Waals surface area contributed by atoms with Crippen LogP contribution in [0.25, 0.3) is 21.9 Å². The van der Waals surface area contributed by atoms with E-state index in [0.717, 1.165) is 27.5 Å². The van der Waals surface area contributed by atoms with E-state index in [9.17, 15) is 4.79 Å². The molecule has 26 heavy (non-hydrogen) atoms. The topological polar surface area (TPSA) is 54.0 Å². The predicted octanol–water partition coefficient (Wildman–Crippen LogP) is 4.44. The Bertz CT molecular complexity index is 994. The lowest BCUT2D eigenvalue weighted by atomic mass is 9.93. The van der Waals surface area contributed by atoms with Crippen LogP contribution in [0.2, 0.25) is 0 Å². The van der Waals surface area contributed by atoms with Crippen LogP contribution in [-0.2, 0) is 9.53 Å². The molecule has 0 spiro atoms. The van der Waals surface area contributed by atoms with E-state index in [1.807, 2.05) is 43.3 Å². The van der Waals surface area contributed by atoms with Crippen molar-refractivity contribution in [3.63, 3.8) is 0 Å². The molecule has 3 aromatic rings. The molecule has 0 amide bonds. The van der Waals surface area contributed by atoms with Crippen LogP contribution >= 0.6 is 0 Å². The van der Waals surface area contributed by atoms with Gasteiger partial charge in [0.05, 0.1) is 0 Å². The van der Waals surface area contributed by atoms with Crippen molar-refractivity contribution in [1.29, 1.82) is 0 Å². The summed E-state index contributed by atoms with van der Waals surface area (Å²) in [6.07, 6.45) is 0. The van der Waals surface area contributed by atoms with E-state index in [-0.39, 0.29) is 5.97 Å². The zero-order chi connectivity index (χ0) is 18.3. The van der Waals surface area contributed by atoms with Gasteiger partial charge in [0.1, 0.15) is 5.75 Å². The number of methoxy groups -OCH3 is 1. The molecule has 0 aliphatic carbocycles.